The third kappa shape index (κ3) is 4.28. The summed E-state index contributed by atoms with van der Waals surface area (Å²) in [5.41, 5.74) is 2.96. The van der Waals surface area contributed by atoms with Gasteiger partial charge in [0.05, 0.1) is 5.69 Å². The number of nitrogens with zero attached hydrogens (tertiary/aromatic N) is 2. The summed E-state index contributed by atoms with van der Waals surface area (Å²) in [6.07, 6.45) is 3.56. The Morgan fingerprint density at radius 2 is 2.15 bits per heavy atom. The fourth-order valence-corrected chi connectivity index (χ4v) is 2.21. The van der Waals surface area contributed by atoms with Crippen molar-refractivity contribution in [2.75, 3.05) is 6.54 Å². The van der Waals surface area contributed by atoms with Crippen molar-refractivity contribution >= 4 is 15.9 Å². The topological polar surface area (TPSA) is 47.0 Å². The van der Waals surface area contributed by atoms with Crippen LogP contribution in [0.3, 0.4) is 0 Å². The highest BCUT2D eigenvalue weighted by Crippen LogP contribution is 2.19. The molecule has 0 aliphatic heterocycles. The van der Waals surface area contributed by atoms with Crippen LogP contribution in [0.25, 0.3) is 0 Å². The molecule has 0 spiro atoms. The Kier molecular flexibility index (Phi) is 5.49. The largest absolute Gasteiger partial charge is 0.487 e. The van der Waals surface area contributed by atoms with E-state index >= 15 is 0 Å². The molecule has 0 aliphatic rings. The lowest BCUT2D eigenvalue weighted by Crippen LogP contribution is -2.14. The lowest BCUT2D eigenvalue weighted by Gasteiger charge is -2.12. The van der Waals surface area contributed by atoms with E-state index < -0.39 is 0 Å². The maximum Gasteiger partial charge on any atom is 0.142 e. The van der Waals surface area contributed by atoms with Crippen LogP contribution in [0.2, 0.25) is 0 Å². The van der Waals surface area contributed by atoms with E-state index in [0.717, 1.165) is 33.7 Å². The molecule has 0 bridgehead atoms. The number of nitrogens with one attached hydrogen (secondary N) is 1. The van der Waals surface area contributed by atoms with Gasteiger partial charge in [0.2, 0.25) is 0 Å². The number of rotatable bonds is 6. The minimum atomic E-state index is 0.482. The summed E-state index contributed by atoms with van der Waals surface area (Å²) in [5.74, 6) is 0.816. The SMILES string of the molecule is CCNCc1nc(C)ccc1OCc1cncc(Br)c1. The Hall–Kier alpha value is -1.46. The minimum absolute atomic E-state index is 0.482. The van der Waals surface area contributed by atoms with Gasteiger partial charge in [0.15, 0.2) is 0 Å². The van der Waals surface area contributed by atoms with Crippen molar-refractivity contribution < 1.29 is 4.74 Å². The zero-order valence-electron chi connectivity index (χ0n) is 11.7. The first-order valence-corrected chi connectivity index (χ1v) is 7.38. The van der Waals surface area contributed by atoms with E-state index in [1.54, 1.807) is 12.4 Å². The quantitative estimate of drug-likeness (QED) is 0.880. The normalized spacial score (nSPS) is 10.6. The highest BCUT2D eigenvalue weighted by molar-refractivity contribution is 9.10. The van der Waals surface area contributed by atoms with E-state index in [1.807, 2.05) is 25.1 Å². The van der Waals surface area contributed by atoms with Crippen LogP contribution in [-0.4, -0.2) is 16.5 Å². The van der Waals surface area contributed by atoms with Crippen LogP contribution < -0.4 is 10.1 Å². The summed E-state index contributed by atoms with van der Waals surface area (Å²) in [7, 11) is 0. The van der Waals surface area contributed by atoms with Gasteiger partial charge in [-0.1, -0.05) is 6.92 Å². The molecule has 2 aromatic heterocycles. The van der Waals surface area contributed by atoms with E-state index in [0.29, 0.717) is 13.2 Å². The fourth-order valence-electron chi connectivity index (χ4n) is 1.80. The standard InChI is InChI=1S/C15H18BrN3O/c1-3-17-9-14-15(5-4-11(2)19-14)20-10-12-6-13(16)8-18-7-12/h4-8,17H,3,9-10H2,1-2H3. The number of hydrogen-bond donors (Lipinski definition) is 1. The number of aryl methyl sites for hydroxylation is 1. The minimum Gasteiger partial charge on any atom is -0.487 e. The molecule has 5 heteroatoms. The molecule has 2 rings (SSSR count). The lowest BCUT2D eigenvalue weighted by atomic mass is 10.2. The van der Waals surface area contributed by atoms with Crippen molar-refractivity contribution in [3.05, 3.63) is 52.0 Å². The van der Waals surface area contributed by atoms with Crippen molar-refractivity contribution in [1.82, 2.24) is 15.3 Å². The first-order valence-electron chi connectivity index (χ1n) is 6.58. The molecule has 0 unspecified atom stereocenters. The lowest BCUT2D eigenvalue weighted by molar-refractivity contribution is 0.299. The first-order chi connectivity index (χ1) is 9.69. The molecule has 106 valence electrons. The highest BCUT2D eigenvalue weighted by Gasteiger charge is 2.06. The van der Waals surface area contributed by atoms with Crippen molar-refractivity contribution in [3.63, 3.8) is 0 Å². The van der Waals surface area contributed by atoms with Crippen molar-refractivity contribution in [2.24, 2.45) is 0 Å². The van der Waals surface area contributed by atoms with Gasteiger partial charge < -0.3 is 10.1 Å². The first kappa shape index (κ1) is 14.9. The van der Waals surface area contributed by atoms with Gasteiger partial charge in [0.1, 0.15) is 12.4 Å². The number of hydrogen-bond acceptors (Lipinski definition) is 4. The van der Waals surface area contributed by atoms with Gasteiger partial charge >= 0.3 is 0 Å². The summed E-state index contributed by atoms with van der Waals surface area (Å²) in [4.78, 5) is 8.66. The Bertz CT molecular complexity index is 575. The van der Waals surface area contributed by atoms with Gasteiger partial charge in [-0.2, -0.15) is 0 Å². The maximum absolute atomic E-state index is 5.87. The van der Waals surface area contributed by atoms with Crippen LogP contribution in [0.5, 0.6) is 5.75 Å². The average molecular weight is 336 g/mol. The molecular weight excluding hydrogens is 318 g/mol. The molecule has 0 radical (unpaired) electrons. The summed E-state index contributed by atoms with van der Waals surface area (Å²) in [5, 5.41) is 3.28. The second kappa shape index (κ2) is 7.36. The molecule has 1 N–H and O–H groups in total. The molecule has 0 aromatic carbocycles. The van der Waals surface area contributed by atoms with E-state index in [1.165, 1.54) is 0 Å². The molecule has 0 saturated carbocycles. The van der Waals surface area contributed by atoms with Gasteiger partial charge in [0, 0.05) is 34.7 Å². The van der Waals surface area contributed by atoms with Crippen LogP contribution in [0.4, 0.5) is 0 Å². The van der Waals surface area contributed by atoms with Gasteiger partial charge in [-0.25, -0.2) is 0 Å². The molecule has 2 heterocycles. The molecule has 0 atom stereocenters. The van der Waals surface area contributed by atoms with Gasteiger partial charge in [0.25, 0.3) is 0 Å². The van der Waals surface area contributed by atoms with Crippen molar-refractivity contribution in [1.29, 1.82) is 0 Å². The number of ether oxygens (including phenoxy) is 1. The molecule has 0 amide bonds. The fraction of sp³-hybridized carbons (Fsp3) is 0.333. The van der Waals surface area contributed by atoms with Gasteiger partial charge in [-0.15, -0.1) is 0 Å². The third-order valence-corrected chi connectivity index (χ3v) is 3.20. The Balaban J connectivity index is 2.08. The predicted molar refractivity (Wildman–Crippen MR) is 82.6 cm³/mol. The van der Waals surface area contributed by atoms with Crippen LogP contribution in [-0.2, 0) is 13.2 Å². The number of pyridine rings is 2. The van der Waals surface area contributed by atoms with Gasteiger partial charge in [-0.3, -0.25) is 9.97 Å². The number of halogens is 1. The van der Waals surface area contributed by atoms with Crippen LogP contribution in [0, 0.1) is 6.92 Å². The maximum atomic E-state index is 5.87. The summed E-state index contributed by atoms with van der Waals surface area (Å²) in [6, 6.07) is 5.93. The molecule has 0 aliphatic carbocycles. The van der Waals surface area contributed by atoms with Crippen LogP contribution in [0.15, 0.2) is 35.1 Å². The van der Waals surface area contributed by atoms with Crippen molar-refractivity contribution in [2.45, 2.75) is 27.0 Å². The van der Waals surface area contributed by atoms with Crippen molar-refractivity contribution in [3.8, 4) is 5.75 Å². The monoisotopic (exact) mass is 335 g/mol. The van der Waals surface area contributed by atoms with E-state index in [2.05, 4.69) is 38.1 Å². The summed E-state index contributed by atoms with van der Waals surface area (Å²) < 4.78 is 6.82. The zero-order valence-corrected chi connectivity index (χ0v) is 13.3. The smallest absolute Gasteiger partial charge is 0.142 e. The highest BCUT2D eigenvalue weighted by atomic mass is 79.9. The van der Waals surface area contributed by atoms with Crippen LogP contribution >= 0.6 is 15.9 Å². The molecular formula is C15H18BrN3O. The second-order valence-electron chi connectivity index (χ2n) is 4.48. The zero-order chi connectivity index (χ0) is 14.4. The number of aromatic nitrogens is 2. The second-order valence-corrected chi connectivity index (χ2v) is 5.39. The van der Waals surface area contributed by atoms with E-state index in [-0.39, 0.29) is 0 Å². The predicted octanol–water partition coefficient (Wildman–Crippen LogP) is 3.24. The third-order valence-electron chi connectivity index (χ3n) is 2.77. The van der Waals surface area contributed by atoms with Crippen LogP contribution in [0.1, 0.15) is 23.9 Å². The molecule has 4 nitrogen and oxygen atoms in total. The van der Waals surface area contributed by atoms with Gasteiger partial charge in [-0.05, 0) is 47.6 Å². The average Bonchev–Trinajstić information content (AvgIpc) is 2.44. The Labute approximate surface area is 127 Å². The van der Waals surface area contributed by atoms with E-state index in [4.69, 9.17) is 4.74 Å². The van der Waals surface area contributed by atoms with E-state index in [9.17, 15) is 0 Å². The molecule has 20 heavy (non-hydrogen) atoms. The Morgan fingerprint density at radius 1 is 1.30 bits per heavy atom. The summed E-state index contributed by atoms with van der Waals surface area (Å²) >= 11 is 3.41. The Morgan fingerprint density at radius 3 is 2.90 bits per heavy atom. The molecule has 0 saturated heterocycles. The molecule has 0 fully saturated rings. The molecule has 2 aromatic rings. The summed E-state index contributed by atoms with van der Waals surface area (Å²) in [6.45, 7) is 6.16.